The molecule has 2 atom stereocenters. The van der Waals surface area contributed by atoms with Crippen molar-refractivity contribution >= 4 is 5.97 Å². The lowest BCUT2D eigenvalue weighted by Crippen LogP contribution is -2.22. The number of hydrogen-bond acceptors (Lipinski definition) is 5. The molecule has 6 nitrogen and oxygen atoms in total. The van der Waals surface area contributed by atoms with Crippen molar-refractivity contribution in [1.29, 1.82) is 0 Å². The van der Waals surface area contributed by atoms with Crippen LogP contribution in [0.2, 0.25) is 0 Å². The molecule has 2 unspecified atom stereocenters. The predicted molar refractivity (Wildman–Crippen MR) is 146 cm³/mol. The van der Waals surface area contributed by atoms with Crippen LogP contribution in [0.4, 0.5) is 4.39 Å². The first-order valence-corrected chi connectivity index (χ1v) is 12.9. The average Bonchev–Trinajstić information content (AvgIpc) is 3.48. The number of benzene rings is 1. The summed E-state index contributed by atoms with van der Waals surface area (Å²) >= 11 is 0. The van der Waals surface area contributed by atoms with Gasteiger partial charge in [-0.3, -0.25) is 4.79 Å². The Balaban J connectivity index is 0.000000934. The molecule has 38 heavy (non-hydrogen) atoms. The summed E-state index contributed by atoms with van der Waals surface area (Å²) in [7, 11) is 0. The Labute approximate surface area is 224 Å². The van der Waals surface area contributed by atoms with Gasteiger partial charge in [-0.1, -0.05) is 18.7 Å². The third kappa shape index (κ3) is 8.28. The SMILES string of the molecule is C=C(/C=C1/CC2CC2/C1=C/C)OCc1cc(-c2ccc(OCCC(C)(C)O)nc2C)ccc1F.CC(=O)O. The first-order valence-electron chi connectivity index (χ1n) is 12.9. The van der Waals surface area contributed by atoms with Gasteiger partial charge in [0.25, 0.3) is 5.97 Å². The summed E-state index contributed by atoms with van der Waals surface area (Å²) in [6, 6.07) is 8.73. The number of nitrogens with zero attached hydrogens (tertiary/aromatic N) is 1. The Hall–Kier alpha value is -3.45. The molecule has 1 aromatic heterocycles. The van der Waals surface area contributed by atoms with Gasteiger partial charge in [-0.15, -0.1) is 0 Å². The quantitative estimate of drug-likeness (QED) is 0.353. The maximum atomic E-state index is 14.5. The largest absolute Gasteiger partial charge is 0.489 e. The molecule has 0 spiro atoms. The number of aryl methyl sites for hydroxylation is 1. The van der Waals surface area contributed by atoms with Crippen molar-refractivity contribution in [2.24, 2.45) is 11.8 Å². The number of rotatable bonds is 9. The number of ether oxygens (including phenoxy) is 2. The lowest BCUT2D eigenvalue weighted by Gasteiger charge is -2.17. The van der Waals surface area contributed by atoms with E-state index >= 15 is 0 Å². The highest BCUT2D eigenvalue weighted by Crippen LogP contribution is 2.57. The van der Waals surface area contributed by atoms with E-state index in [4.69, 9.17) is 19.4 Å². The number of hydrogen-bond donors (Lipinski definition) is 2. The van der Waals surface area contributed by atoms with Crippen molar-refractivity contribution in [1.82, 2.24) is 4.98 Å². The van der Waals surface area contributed by atoms with Crippen molar-refractivity contribution in [2.75, 3.05) is 6.61 Å². The average molecular weight is 524 g/mol. The first-order chi connectivity index (χ1) is 17.9. The highest BCUT2D eigenvalue weighted by Gasteiger charge is 2.46. The van der Waals surface area contributed by atoms with E-state index in [1.54, 1.807) is 32.0 Å². The number of halogens is 1. The molecule has 2 aliphatic rings. The van der Waals surface area contributed by atoms with Gasteiger partial charge in [0.05, 0.1) is 12.2 Å². The Morgan fingerprint density at radius 2 is 2.00 bits per heavy atom. The van der Waals surface area contributed by atoms with E-state index in [2.05, 4.69) is 24.6 Å². The molecule has 2 N–H and O–H groups in total. The fourth-order valence-electron chi connectivity index (χ4n) is 4.62. The molecule has 2 fully saturated rings. The zero-order valence-corrected chi connectivity index (χ0v) is 22.9. The van der Waals surface area contributed by atoms with E-state index in [9.17, 15) is 9.50 Å². The van der Waals surface area contributed by atoms with Gasteiger partial charge in [-0.25, -0.2) is 9.37 Å². The van der Waals surface area contributed by atoms with Crippen LogP contribution in [-0.4, -0.2) is 33.4 Å². The predicted octanol–water partition coefficient (Wildman–Crippen LogP) is 6.77. The van der Waals surface area contributed by atoms with Crippen LogP contribution < -0.4 is 4.74 Å². The topological polar surface area (TPSA) is 88.9 Å². The van der Waals surface area contributed by atoms with Gasteiger partial charge in [-0.05, 0) is 93.4 Å². The molecule has 204 valence electrons. The van der Waals surface area contributed by atoms with Crippen LogP contribution in [-0.2, 0) is 16.1 Å². The molecule has 1 heterocycles. The van der Waals surface area contributed by atoms with Crippen LogP contribution in [0.3, 0.4) is 0 Å². The van der Waals surface area contributed by atoms with Gasteiger partial charge < -0.3 is 19.7 Å². The second-order valence-corrected chi connectivity index (χ2v) is 10.5. The highest BCUT2D eigenvalue weighted by molar-refractivity contribution is 5.67. The van der Waals surface area contributed by atoms with Gasteiger partial charge >= 0.3 is 0 Å². The minimum Gasteiger partial charge on any atom is -0.489 e. The number of aliphatic hydroxyl groups is 1. The summed E-state index contributed by atoms with van der Waals surface area (Å²) in [6.45, 7) is 13.1. The fraction of sp³-hybridized carbons (Fsp3) is 0.419. The van der Waals surface area contributed by atoms with Gasteiger partial charge in [0.15, 0.2) is 0 Å². The van der Waals surface area contributed by atoms with Crippen molar-refractivity contribution in [3.05, 3.63) is 83.0 Å². The number of carboxylic acid groups (broad SMARTS) is 1. The number of aliphatic carboxylic acids is 1. The van der Waals surface area contributed by atoms with Gasteiger partial charge in [-0.2, -0.15) is 0 Å². The summed E-state index contributed by atoms with van der Waals surface area (Å²) < 4.78 is 26.0. The number of pyridine rings is 1. The monoisotopic (exact) mass is 523 g/mol. The van der Waals surface area contributed by atoms with Crippen LogP contribution in [0.15, 0.2) is 66.0 Å². The molecule has 2 saturated carbocycles. The van der Waals surface area contributed by atoms with E-state index in [1.165, 1.54) is 23.6 Å². The molecule has 1 aromatic carbocycles. The first kappa shape index (κ1) is 29.1. The number of carbonyl (C=O) groups is 1. The van der Waals surface area contributed by atoms with Crippen LogP contribution in [0.25, 0.3) is 11.1 Å². The third-order valence-corrected chi connectivity index (χ3v) is 6.62. The van der Waals surface area contributed by atoms with Gasteiger partial charge in [0.2, 0.25) is 5.88 Å². The van der Waals surface area contributed by atoms with Gasteiger partial charge in [0.1, 0.15) is 18.2 Å². The van der Waals surface area contributed by atoms with Crippen LogP contribution in [0.1, 0.15) is 58.2 Å². The molecular weight excluding hydrogens is 485 g/mol. The van der Waals surface area contributed by atoms with Crippen molar-refractivity contribution < 1.29 is 28.9 Å². The zero-order chi connectivity index (χ0) is 28.0. The molecule has 7 heteroatoms. The van der Waals surface area contributed by atoms with Crippen molar-refractivity contribution in [3.8, 4) is 17.0 Å². The third-order valence-electron chi connectivity index (χ3n) is 6.62. The van der Waals surface area contributed by atoms with Crippen molar-refractivity contribution in [2.45, 2.75) is 66.1 Å². The minimum absolute atomic E-state index is 0.116. The van der Waals surface area contributed by atoms with E-state index in [0.29, 0.717) is 36.1 Å². The van der Waals surface area contributed by atoms with E-state index in [0.717, 1.165) is 36.1 Å². The number of carboxylic acids is 1. The van der Waals surface area contributed by atoms with E-state index < -0.39 is 11.6 Å². The normalized spacial score (nSPS) is 20.0. The lowest BCUT2D eigenvalue weighted by molar-refractivity contribution is -0.134. The highest BCUT2D eigenvalue weighted by atomic mass is 19.1. The van der Waals surface area contributed by atoms with E-state index in [-0.39, 0.29) is 12.4 Å². The summed E-state index contributed by atoms with van der Waals surface area (Å²) in [5, 5.41) is 17.2. The molecule has 0 saturated heterocycles. The Morgan fingerprint density at radius 3 is 2.63 bits per heavy atom. The summed E-state index contributed by atoms with van der Waals surface area (Å²) in [5.74, 6) is 1.43. The second kappa shape index (κ2) is 12.4. The number of allylic oxidation sites excluding steroid dienone is 4. The molecular formula is C31H38FNO5. The summed E-state index contributed by atoms with van der Waals surface area (Å²) in [5.41, 5.74) is 4.96. The molecule has 0 aliphatic heterocycles. The van der Waals surface area contributed by atoms with E-state index in [1.807, 2.05) is 19.1 Å². The Morgan fingerprint density at radius 1 is 1.29 bits per heavy atom. The van der Waals surface area contributed by atoms with Gasteiger partial charge in [0, 0.05) is 36.2 Å². The Bertz CT molecular complexity index is 1240. The zero-order valence-electron chi connectivity index (χ0n) is 22.9. The second-order valence-electron chi connectivity index (χ2n) is 10.5. The maximum absolute atomic E-state index is 14.5. The van der Waals surface area contributed by atoms with Crippen LogP contribution in [0, 0.1) is 24.6 Å². The lowest BCUT2D eigenvalue weighted by atomic mass is 10.0. The molecule has 4 rings (SSSR count). The Kier molecular flexibility index (Phi) is 9.50. The summed E-state index contributed by atoms with van der Waals surface area (Å²) in [4.78, 5) is 13.5. The minimum atomic E-state index is -0.833. The standard InChI is InChI=1S/C29H34FNO3.C2H4O2/c1-6-24-21(15-22-16-26(22)24)13-18(2)34-17-23-14-20(7-9-27(23)30)25-8-10-28(31-19(25)3)33-12-11-29(4,5)32;1-2(3)4/h6-10,13-14,22,26,32H,2,11-12,15-17H2,1,3-5H3;1H3,(H,3,4)/b21-13-,24-6+;. The van der Waals surface area contributed by atoms with Crippen LogP contribution >= 0.6 is 0 Å². The van der Waals surface area contributed by atoms with Crippen molar-refractivity contribution in [3.63, 3.8) is 0 Å². The fourth-order valence-corrected chi connectivity index (χ4v) is 4.62. The molecule has 2 aliphatic carbocycles. The molecule has 2 aromatic rings. The molecule has 0 bridgehead atoms. The number of fused-ring (bicyclic) bond motifs is 1. The number of aromatic nitrogens is 1. The molecule has 0 radical (unpaired) electrons. The summed E-state index contributed by atoms with van der Waals surface area (Å²) in [6.07, 6.45) is 7.09. The molecule has 0 amide bonds. The van der Waals surface area contributed by atoms with Crippen LogP contribution in [0.5, 0.6) is 5.88 Å². The smallest absolute Gasteiger partial charge is 0.300 e. The maximum Gasteiger partial charge on any atom is 0.300 e.